The number of amides is 1. The Morgan fingerprint density at radius 2 is 1.34 bits per heavy atom. The van der Waals surface area contributed by atoms with E-state index in [0.29, 0.717) is 25.9 Å². The molecule has 0 radical (unpaired) electrons. The number of carbonyl (C=O) groups is 3. The molecule has 1 aromatic carbocycles. The molecule has 38 heavy (non-hydrogen) atoms. The van der Waals surface area contributed by atoms with Crippen LogP contribution >= 0.6 is 0 Å². The average molecular weight is 537 g/mol. The minimum absolute atomic E-state index is 0.179. The number of ether oxygens (including phenoxy) is 4. The third-order valence-corrected chi connectivity index (χ3v) is 5.19. The van der Waals surface area contributed by atoms with Gasteiger partial charge in [-0.2, -0.15) is 0 Å². The Morgan fingerprint density at radius 3 is 1.76 bits per heavy atom. The highest BCUT2D eigenvalue weighted by atomic mass is 16.6. The number of piperidine rings is 1. The molecule has 2 rings (SSSR count). The summed E-state index contributed by atoms with van der Waals surface area (Å²) < 4.78 is 22.3. The first-order valence-electron chi connectivity index (χ1n) is 12.6. The number of carbonyl (C=O) groups excluding carboxylic acids is 3. The van der Waals surface area contributed by atoms with Gasteiger partial charge in [0.15, 0.2) is 5.92 Å². The highest BCUT2D eigenvalue weighted by Gasteiger charge is 2.40. The lowest BCUT2D eigenvalue weighted by Gasteiger charge is -2.33. The molecule has 0 atom stereocenters. The molecule has 1 heterocycles. The van der Waals surface area contributed by atoms with Crippen molar-refractivity contribution in [2.75, 3.05) is 13.1 Å². The maximum atomic E-state index is 13.1. The number of nitro benzene ring substituents is 1. The number of esters is 2. The first-order valence-corrected chi connectivity index (χ1v) is 12.6. The Balaban J connectivity index is 2.32. The fraction of sp³-hybridized carbons (Fsp3) is 0.667. The Bertz CT molecular complexity index is 1010. The van der Waals surface area contributed by atoms with E-state index in [1.807, 2.05) is 0 Å². The van der Waals surface area contributed by atoms with Crippen LogP contribution in [0.3, 0.4) is 0 Å². The molecule has 0 aromatic heterocycles. The third-order valence-electron chi connectivity index (χ3n) is 5.19. The van der Waals surface area contributed by atoms with Gasteiger partial charge < -0.3 is 23.8 Å². The average Bonchev–Trinajstić information content (AvgIpc) is 2.70. The van der Waals surface area contributed by atoms with Crippen molar-refractivity contribution < 1.29 is 38.3 Å². The van der Waals surface area contributed by atoms with Crippen LogP contribution in [0.2, 0.25) is 0 Å². The van der Waals surface area contributed by atoms with Crippen LogP contribution in [0.25, 0.3) is 0 Å². The Kier molecular flexibility index (Phi) is 9.39. The smallest absolute Gasteiger partial charge is 0.410 e. The first kappa shape index (κ1) is 30.9. The topological polar surface area (TPSA) is 135 Å². The van der Waals surface area contributed by atoms with Gasteiger partial charge in [-0.05, 0) is 74.4 Å². The molecule has 0 N–H and O–H groups in total. The predicted molar refractivity (Wildman–Crippen MR) is 139 cm³/mol. The van der Waals surface area contributed by atoms with Crippen LogP contribution in [0, 0.1) is 10.1 Å². The van der Waals surface area contributed by atoms with Crippen molar-refractivity contribution in [3.63, 3.8) is 0 Å². The number of benzene rings is 1. The number of hydrogen-bond acceptors (Lipinski definition) is 9. The Hall–Kier alpha value is -3.37. The number of rotatable bonds is 6. The van der Waals surface area contributed by atoms with Crippen molar-refractivity contribution in [2.24, 2.45) is 0 Å². The molecule has 11 nitrogen and oxygen atoms in total. The van der Waals surface area contributed by atoms with Gasteiger partial charge in [0.1, 0.15) is 28.7 Å². The maximum absolute atomic E-state index is 13.1. The number of likely N-dealkylation sites (tertiary alicyclic amines) is 1. The van der Waals surface area contributed by atoms with Gasteiger partial charge >= 0.3 is 18.0 Å². The van der Waals surface area contributed by atoms with Crippen LogP contribution in [0.4, 0.5) is 10.5 Å². The zero-order chi connectivity index (χ0) is 29.1. The van der Waals surface area contributed by atoms with E-state index in [0.717, 1.165) is 0 Å². The number of nitro groups is 1. The second-order valence-electron chi connectivity index (χ2n) is 12.3. The molecular weight excluding hydrogens is 496 g/mol. The van der Waals surface area contributed by atoms with Gasteiger partial charge in [-0.15, -0.1) is 0 Å². The van der Waals surface area contributed by atoms with E-state index in [1.165, 1.54) is 18.2 Å². The predicted octanol–water partition coefficient (Wildman–Crippen LogP) is 5.14. The molecule has 1 amide bonds. The molecule has 0 bridgehead atoms. The monoisotopic (exact) mass is 536 g/mol. The van der Waals surface area contributed by atoms with E-state index in [-0.39, 0.29) is 17.4 Å². The fourth-order valence-corrected chi connectivity index (χ4v) is 3.75. The van der Waals surface area contributed by atoms with E-state index in [9.17, 15) is 24.5 Å². The summed E-state index contributed by atoms with van der Waals surface area (Å²) in [7, 11) is 0. The molecule has 0 aliphatic carbocycles. The van der Waals surface area contributed by atoms with E-state index in [4.69, 9.17) is 18.9 Å². The highest BCUT2D eigenvalue weighted by molar-refractivity contribution is 6.02. The molecule has 1 fully saturated rings. The van der Waals surface area contributed by atoms with Crippen LogP contribution in [-0.2, 0) is 23.8 Å². The Morgan fingerprint density at radius 1 is 0.868 bits per heavy atom. The SMILES string of the molecule is CC(C)(C)OC(=O)C(C(=O)OC(C)(C)C)c1cc(OC2CCN(C(=O)OC(C)(C)C)CC2)ccc1[N+](=O)[O-]. The standard InChI is InChI=1S/C27H40N2O9/c1-25(2,3)36-22(30)21(23(31)37-26(4,5)6)19-16-18(10-11-20(19)29(33)34)35-17-12-14-28(15-13-17)24(32)38-27(7,8)9/h10-11,16-17,21H,12-15H2,1-9H3. The lowest BCUT2D eigenvalue weighted by molar-refractivity contribution is -0.385. The van der Waals surface area contributed by atoms with Crippen molar-refractivity contribution in [1.82, 2.24) is 4.90 Å². The number of hydrogen-bond donors (Lipinski definition) is 0. The van der Waals surface area contributed by atoms with E-state index in [2.05, 4.69) is 0 Å². The molecule has 1 aliphatic rings. The summed E-state index contributed by atoms with van der Waals surface area (Å²) in [5, 5.41) is 11.9. The van der Waals surface area contributed by atoms with Crippen molar-refractivity contribution >= 4 is 23.7 Å². The molecule has 212 valence electrons. The van der Waals surface area contributed by atoms with Crippen molar-refractivity contribution in [2.45, 2.75) is 104 Å². The van der Waals surface area contributed by atoms with Gasteiger partial charge in [-0.25, -0.2) is 4.79 Å². The van der Waals surface area contributed by atoms with Gasteiger partial charge in [0, 0.05) is 32.0 Å². The molecule has 1 saturated heterocycles. The van der Waals surface area contributed by atoms with E-state index >= 15 is 0 Å². The first-order chi connectivity index (χ1) is 17.3. The van der Waals surface area contributed by atoms with Crippen molar-refractivity contribution in [3.05, 3.63) is 33.9 Å². The van der Waals surface area contributed by atoms with Crippen LogP contribution in [0.5, 0.6) is 5.75 Å². The minimum Gasteiger partial charge on any atom is -0.490 e. The van der Waals surface area contributed by atoms with Crippen LogP contribution in [0.1, 0.15) is 86.6 Å². The molecule has 0 saturated carbocycles. The van der Waals surface area contributed by atoms with Crippen LogP contribution in [0.15, 0.2) is 18.2 Å². The Labute approximate surface area is 223 Å². The minimum atomic E-state index is -1.69. The second-order valence-corrected chi connectivity index (χ2v) is 12.3. The van der Waals surface area contributed by atoms with E-state index in [1.54, 1.807) is 67.2 Å². The molecule has 11 heteroatoms. The summed E-state index contributed by atoms with van der Waals surface area (Å²) in [6.45, 7) is 16.0. The largest absolute Gasteiger partial charge is 0.490 e. The van der Waals surface area contributed by atoms with Crippen LogP contribution < -0.4 is 4.74 Å². The summed E-state index contributed by atoms with van der Waals surface area (Å²) in [6, 6.07) is 3.93. The summed E-state index contributed by atoms with van der Waals surface area (Å²) in [4.78, 5) is 51.4. The summed E-state index contributed by atoms with van der Waals surface area (Å²) in [6.07, 6.45) is 0.330. The fourth-order valence-electron chi connectivity index (χ4n) is 3.75. The molecule has 0 spiro atoms. The molecule has 1 aliphatic heterocycles. The van der Waals surface area contributed by atoms with Gasteiger partial charge in [0.05, 0.1) is 10.5 Å². The molecular formula is C27H40N2O9. The van der Waals surface area contributed by atoms with Gasteiger partial charge in [0.25, 0.3) is 5.69 Å². The summed E-state index contributed by atoms with van der Waals surface area (Å²) in [5.41, 5.74) is -3.09. The van der Waals surface area contributed by atoms with Gasteiger partial charge in [-0.1, -0.05) is 0 Å². The number of nitrogens with zero attached hydrogens (tertiary/aromatic N) is 2. The third kappa shape index (κ3) is 9.50. The zero-order valence-electron chi connectivity index (χ0n) is 23.8. The second kappa shape index (κ2) is 11.6. The highest BCUT2D eigenvalue weighted by Crippen LogP contribution is 2.35. The summed E-state index contributed by atoms with van der Waals surface area (Å²) in [5.74, 6) is -3.36. The van der Waals surface area contributed by atoms with E-state index < -0.39 is 51.4 Å². The quantitative estimate of drug-likeness (QED) is 0.159. The molecule has 0 unspecified atom stereocenters. The van der Waals surface area contributed by atoms with Crippen molar-refractivity contribution in [3.8, 4) is 5.75 Å². The zero-order valence-corrected chi connectivity index (χ0v) is 23.8. The van der Waals surface area contributed by atoms with Gasteiger partial charge in [0.2, 0.25) is 0 Å². The molecule has 1 aromatic rings. The van der Waals surface area contributed by atoms with Crippen molar-refractivity contribution in [1.29, 1.82) is 0 Å². The van der Waals surface area contributed by atoms with Gasteiger partial charge in [-0.3, -0.25) is 19.7 Å². The normalized spacial score (nSPS) is 15.2. The lowest BCUT2D eigenvalue weighted by atomic mass is 9.96. The summed E-state index contributed by atoms with van der Waals surface area (Å²) >= 11 is 0. The van der Waals surface area contributed by atoms with Crippen LogP contribution in [-0.4, -0.2) is 63.9 Å². The lowest BCUT2D eigenvalue weighted by Crippen LogP contribution is -2.44. The maximum Gasteiger partial charge on any atom is 0.410 e.